The Labute approximate surface area is 252 Å². The minimum Gasteiger partial charge on any atom is -0.508 e. The number of fused-ring (bicyclic) bond motifs is 1. The third-order valence-electron chi connectivity index (χ3n) is 7.32. The Balaban J connectivity index is 0.00000423. The second-order valence-electron chi connectivity index (χ2n) is 10.4. The fourth-order valence-corrected chi connectivity index (χ4v) is 6.20. The Bertz CT molecular complexity index is 1700. The number of sulfonamides is 1. The van der Waals surface area contributed by atoms with E-state index in [1.807, 2.05) is 0 Å². The van der Waals surface area contributed by atoms with E-state index in [1.54, 1.807) is 42.5 Å². The Kier molecular flexibility index (Phi) is 9.72. The van der Waals surface area contributed by atoms with Crippen LogP contribution in [0.1, 0.15) is 40.5 Å². The van der Waals surface area contributed by atoms with Gasteiger partial charge in [0.05, 0.1) is 29.6 Å². The smallest absolute Gasteiger partial charge is 0.263 e. The second kappa shape index (κ2) is 13.3. The molecule has 1 aromatic heterocycles. The van der Waals surface area contributed by atoms with Crippen LogP contribution in [-0.2, 0) is 14.8 Å². The molecule has 0 aliphatic carbocycles. The predicted octanol–water partition coefficient (Wildman–Crippen LogP) is 5.73. The van der Waals surface area contributed by atoms with Crippen LogP contribution in [0.5, 0.6) is 11.5 Å². The zero-order chi connectivity index (χ0) is 29.9. The van der Waals surface area contributed by atoms with Crippen molar-refractivity contribution in [3.63, 3.8) is 0 Å². The standard InChI is InChI=1S/C30H34N6O5S.CH4/c1-19-8-6-9-20(2)36(19)18-28(38)31-21-10-7-11-25(16-21)42(39,40)35-30-29(33-26-12-4-5-13-27(26)34-30)32-22-14-23(37)17-24(15-22)41-3;/h4-5,7,10-17,19-20,37H,6,8-9,18H2,1-3H3,(H,31,38)(H,32,33)(H,34,35);1H4. The van der Waals surface area contributed by atoms with Gasteiger partial charge in [-0.05, 0) is 57.0 Å². The summed E-state index contributed by atoms with van der Waals surface area (Å²) in [5.74, 6) is 0.233. The van der Waals surface area contributed by atoms with Gasteiger partial charge in [0.25, 0.3) is 10.0 Å². The van der Waals surface area contributed by atoms with Gasteiger partial charge in [-0.25, -0.2) is 18.4 Å². The maximum absolute atomic E-state index is 13.6. The van der Waals surface area contributed by atoms with Gasteiger partial charge in [-0.1, -0.05) is 32.0 Å². The molecule has 12 heteroatoms. The summed E-state index contributed by atoms with van der Waals surface area (Å²) in [6.45, 7) is 4.48. The Morgan fingerprint density at radius 2 is 1.63 bits per heavy atom. The van der Waals surface area contributed by atoms with Crippen LogP contribution in [0, 0.1) is 0 Å². The highest BCUT2D eigenvalue weighted by molar-refractivity contribution is 7.92. The molecular weight excluding hydrogens is 568 g/mol. The third kappa shape index (κ3) is 7.51. The van der Waals surface area contributed by atoms with Crippen LogP contribution >= 0.6 is 0 Å². The minimum atomic E-state index is -4.15. The molecule has 228 valence electrons. The fraction of sp³-hybridized carbons (Fsp3) is 0.323. The Morgan fingerprint density at radius 3 is 2.30 bits per heavy atom. The van der Waals surface area contributed by atoms with E-state index in [2.05, 4.69) is 44.1 Å². The van der Waals surface area contributed by atoms with Crippen molar-refractivity contribution in [3.8, 4) is 11.5 Å². The van der Waals surface area contributed by atoms with Gasteiger partial charge < -0.3 is 20.5 Å². The predicted molar refractivity (Wildman–Crippen MR) is 170 cm³/mol. The summed E-state index contributed by atoms with van der Waals surface area (Å²) in [7, 11) is -2.68. The molecule has 2 unspecified atom stereocenters. The molecular formula is C31H38N6O5S. The van der Waals surface area contributed by atoms with E-state index in [1.165, 1.54) is 31.4 Å². The zero-order valence-corrected chi connectivity index (χ0v) is 24.5. The number of phenols is 1. The lowest BCUT2D eigenvalue weighted by molar-refractivity contribution is -0.118. The summed E-state index contributed by atoms with van der Waals surface area (Å²) in [4.78, 5) is 24.1. The van der Waals surface area contributed by atoms with Crippen molar-refractivity contribution in [1.29, 1.82) is 0 Å². The summed E-state index contributed by atoms with van der Waals surface area (Å²) in [6.07, 6.45) is 3.24. The number of hydrogen-bond acceptors (Lipinski definition) is 9. The second-order valence-corrected chi connectivity index (χ2v) is 12.1. The first-order chi connectivity index (χ1) is 20.1. The monoisotopic (exact) mass is 606 g/mol. The van der Waals surface area contributed by atoms with Crippen LogP contribution in [0.3, 0.4) is 0 Å². The number of nitrogens with zero attached hydrogens (tertiary/aromatic N) is 3. The van der Waals surface area contributed by atoms with Gasteiger partial charge in [-0.15, -0.1) is 0 Å². The number of aromatic nitrogens is 2. The number of anilines is 4. The van der Waals surface area contributed by atoms with Crippen molar-refractivity contribution in [2.45, 2.75) is 57.5 Å². The Morgan fingerprint density at radius 1 is 0.953 bits per heavy atom. The van der Waals surface area contributed by atoms with Crippen molar-refractivity contribution in [3.05, 3.63) is 66.7 Å². The van der Waals surface area contributed by atoms with Gasteiger partial charge in [-0.2, -0.15) is 0 Å². The number of amides is 1. The molecule has 5 rings (SSSR count). The first-order valence-electron chi connectivity index (χ1n) is 13.7. The van der Waals surface area contributed by atoms with E-state index in [-0.39, 0.29) is 42.2 Å². The number of benzene rings is 3. The quantitative estimate of drug-likeness (QED) is 0.188. The molecule has 1 fully saturated rings. The van der Waals surface area contributed by atoms with Crippen LogP contribution < -0.4 is 20.1 Å². The maximum Gasteiger partial charge on any atom is 0.263 e. The van der Waals surface area contributed by atoms with Crippen LogP contribution in [0.4, 0.5) is 23.0 Å². The van der Waals surface area contributed by atoms with E-state index in [0.29, 0.717) is 40.2 Å². The molecule has 1 aliphatic rings. The van der Waals surface area contributed by atoms with Crippen molar-refractivity contribution in [2.75, 3.05) is 29.0 Å². The largest absolute Gasteiger partial charge is 0.508 e. The first kappa shape index (κ1) is 31.5. The summed E-state index contributed by atoms with van der Waals surface area (Å²) in [5.41, 5.74) is 1.81. The molecule has 2 heterocycles. The van der Waals surface area contributed by atoms with E-state index >= 15 is 0 Å². The fourth-order valence-electron chi connectivity index (χ4n) is 5.15. The van der Waals surface area contributed by atoms with Crippen molar-refractivity contribution in [1.82, 2.24) is 14.9 Å². The third-order valence-corrected chi connectivity index (χ3v) is 8.66. The first-order valence-corrected chi connectivity index (χ1v) is 15.2. The lowest BCUT2D eigenvalue weighted by Gasteiger charge is -2.38. The van der Waals surface area contributed by atoms with Gasteiger partial charge >= 0.3 is 0 Å². The maximum atomic E-state index is 13.6. The molecule has 4 N–H and O–H groups in total. The minimum absolute atomic E-state index is 0. The average molecular weight is 607 g/mol. The number of ether oxygens (including phenoxy) is 1. The van der Waals surface area contributed by atoms with Gasteiger partial charge in [0, 0.05) is 41.7 Å². The summed E-state index contributed by atoms with van der Waals surface area (Å²) < 4.78 is 34.9. The molecule has 0 bridgehead atoms. The molecule has 1 saturated heterocycles. The number of phenolic OH excluding ortho intramolecular Hbond substituents is 1. The molecule has 0 radical (unpaired) electrons. The normalized spacial score (nSPS) is 17.1. The van der Waals surface area contributed by atoms with E-state index in [4.69, 9.17) is 4.74 Å². The lowest BCUT2D eigenvalue weighted by atomic mass is 9.97. The highest BCUT2D eigenvalue weighted by atomic mass is 32.2. The van der Waals surface area contributed by atoms with Gasteiger partial charge in [0.2, 0.25) is 5.91 Å². The number of likely N-dealkylation sites (tertiary alicyclic amines) is 1. The average Bonchev–Trinajstić information content (AvgIpc) is 2.95. The molecule has 11 nitrogen and oxygen atoms in total. The van der Waals surface area contributed by atoms with Crippen LogP contribution in [-0.4, -0.2) is 60.0 Å². The van der Waals surface area contributed by atoms with Gasteiger partial charge in [0.1, 0.15) is 11.5 Å². The number of methoxy groups -OCH3 is 1. The number of rotatable bonds is 9. The topological polar surface area (TPSA) is 146 Å². The number of para-hydroxylation sites is 2. The molecule has 1 aliphatic heterocycles. The van der Waals surface area contributed by atoms with Gasteiger partial charge in [-0.3, -0.25) is 14.4 Å². The number of nitrogens with one attached hydrogen (secondary N) is 3. The molecule has 0 saturated carbocycles. The lowest BCUT2D eigenvalue weighted by Crippen LogP contribution is -2.47. The number of carbonyl (C=O) groups is 1. The summed E-state index contributed by atoms with van der Waals surface area (Å²) in [5, 5.41) is 16.0. The molecule has 43 heavy (non-hydrogen) atoms. The molecule has 0 spiro atoms. The van der Waals surface area contributed by atoms with E-state index in [0.717, 1.165) is 19.3 Å². The van der Waals surface area contributed by atoms with E-state index in [9.17, 15) is 18.3 Å². The number of carbonyl (C=O) groups excluding carboxylic acids is 1. The SMILES string of the molecule is C.COc1cc(O)cc(Nc2nc3ccccc3nc2NS(=O)(=O)c2cccc(NC(=O)CN3C(C)CCCC3C)c2)c1. The van der Waals surface area contributed by atoms with E-state index < -0.39 is 10.0 Å². The number of hydrogen-bond donors (Lipinski definition) is 4. The highest BCUT2D eigenvalue weighted by Gasteiger charge is 2.26. The van der Waals surface area contributed by atoms with Crippen molar-refractivity contribution >= 4 is 50.0 Å². The molecule has 1 amide bonds. The molecule has 4 aromatic rings. The van der Waals surface area contributed by atoms with Crippen LogP contribution in [0.25, 0.3) is 11.0 Å². The van der Waals surface area contributed by atoms with Crippen molar-refractivity contribution < 1.29 is 23.1 Å². The van der Waals surface area contributed by atoms with Crippen molar-refractivity contribution in [2.24, 2.45) is 0 Å². The summed E-state index contributed by atoms with van der Waals surface area (Å²) in [6, 6.07) is 18.3. The highest BCUT2D eigenvalue weighted by Crippen LogP contribution is 2.31. The zero-order valence-electron chi connectivity index (χ0n) is 23.7. The Hall–Kier alpha value is -4.42. The number of piperidine rings is 1. The number of aromatic hydroxyl groups is 1. The van der Waals surface area contributed by atoms with Crippen LogP contribution in [0.2, 0.25) is 0 Å². The molecule has 2 atom stereocenters. The van der Waals surface area contributed by atoms with Crippen LogP contribution in [0.15, 0.2) is 71.6 Å². The summed E-state index contributed by atoms with van der Waals surface area (Å²) >= 11 is 0. The molecule has 3 aromatic carbocycles. The van der Waals surface area contributed by atoms with Gasteiger partial charge in [0.15, 0.2) is 11.6 Å².